The molecule has 0 saturated carbocycles. The summed E-state index contributed by atoms with van der Waals surface area (Å²) < 4.78 is 0.863. The number of phenols is 2. The number of para-hydroxylation sites is 2. The largest absolute Gasteiger partial charge is 0.507 e. The second-order valence-electron chi connectivity index (χ2n) is 5.44. The van der Waals surface area contributed by atoms with Crippen LogP contribution in [0.3, 0.4) is 0 Å². The first kappa shape index (κ1) is 17.7. The Morgan fingerprint density at radius 1 is 0.808 bits per heavy atom. The topological polar surface area (TPSA) is 81.9 Å². The summed E-state index contributed by atoms with van der Waals surface area (Å²) in [7, 11) is 0. The number of hydrazone groups is 1. The van der Waals surface area contributed by atoms with Gasteiger partial charge in [-0.2, -0.15) is 5.10 Å². The molecule has 3 N–H and O–H groups in total. The molecular formula is C20H15BrN2O3. The molecule has 3 aromatic rings. The second-order valence-corrected chi connectivity index (χ2v) is 6.36. The van der Waals surface area contributed by atoms with Gasteiger partial charge in [-0.3, -0.25) is 4.79 Å². The summed E-state index contributed by atoms with van der Waals surface area (Å²) in [4.78, 5) is 12.3. The standard InChI is InChI=1S/C20H15BrN2O3/c21-14-11-9-13(10-12-14)20(26)23-22-19(15-5-1-3-7-17(15)24)16-6-2-4-8-18(16)25/h1-12,24-25H,(H,23,26). The van der Waals surface area contributed by atoms with Crippen molar-refractivity contribution in [3.05, 3.63) is 94.0 Å². The zero-order chi connectivity index (χ0) is 18.5. The van der Waals surface area contributed by atoms with Gasteiger partial charge in [0.05, 0.1) is 0 Å². The molecule has 0 radical (unpaired) electrons. The van der Waals surface area contributed by atoms with Crippen molar-refractivity contribution in [3.8, 4) is 11.5 Å². The lowest BCUT2D eigenvalue weighted by Crippen LogP contribution is -2.20. The molecule has 0 saturated heterocycles. The Labute approximate surface area is 158 Å². The second kappa shape index (κ2) is 7.84. The van der Waals surface area contributed by atoms with Gasteiger partial charge in [-0.05, 0) is 48.5 Å². The maximum atomic E-state index is 12.3. The molecule has 0 atom stereocenters. The zero-order valence-electron chi connectivity index (χ0n) is 13.6. The summed E-state index contributed by atoms with van der Waals surface area (Å²) in [5.41, 5.74) is 3.96. The molecule has 0 aliphatic rings. The number of halogens is 1. The minimum atomic E-state index is -0.402. The Morgan fingerprint density at radius 3 is 1.81 bits per heavy atom. The zero-order valence-corrected chi connectivity index (χ0v) is 15.1. The predicted molar refractivity (Wildman–Crippen MR) is 103 cm³/mol. The van der Waals surface area contributed by atoms with E-state index in [-0.39, 0.29) is 17.2 Å². The molecule has 6 heteroatoms. The molecule has 0 unspecified atom stereocenters. The van der Waals surface area contributed by atoms with Gasteiger partial charge in [0.25, 0.3) is 5.91 Å². The molecule has 1 amide bonds. The van der Waals surface area contributed by atoms with E-state index >= 15 is 0 Å². The molecule has 0 aliphatic heterocycles. The van der Waals surface area contributed by atoms with Gasteiger partial charge in [-0.1, -0.05) is 40.2 Å². The molecule has 3 aromatic carbocycles. The molecule has 26 heavy (non-hydrogen) atoms. The van der Waals surface area contributed by atoms with Gasteiger partial charge in [0, 0.05) is 21.2 Å². The number of phenolic OH excluding ortho intramolecular Hbond substituents is 2. The van der Waals surface area contributed by atoms with Crippen LogP contribution >= 0.6 is 15.9 Å². The molecule has 0 bridgehead atoms. The van der Waals surface area contributed by atoms with Crippen LogP contribution in [0.4, 0.5) is 0 Å². The molecule has 0 heterocycles. The van der Waals surface area contributed by atoms with Crippen molar-refractivity contribution in [1.82, 2.24) is 5.43 Å². The Balaban J connectivity index is 1.99. The summed E-state index contributed by atoms with van der Waals surface area (Å²) in [6.07, 6.45) is 0. The summed E-state index contributed by atoms with van der Waals surface area (Å²) in [6, 6.07) is 20.0. The van der Waals surface area contributed by atoms with Gasteiger partial charge in [0.15, 0.2) is 0 Å². The van der Waals surface area contributed by atoms with Crippen LogP contribution in [0.15, 0.2) is 82.4 Å². The van der Waals surface area contributed by atoms with Gasteiger partial charge >= 0.3 is 0 Å². The van der Waals surface area contributed by atoms with Gasteiger partial charge in [-0.15, -0.1) is 0 Å². The first-order valence-corrected chi connectivity index (χ1v) is 8.56. The number of rotatable bonds is 4. The summed E-state index contributed by atoms with van der Waals surface area (Å²) >= 11 is 3.32. The van der Waals surface area contributed by atoms with E-state index in [4.69, 9.17) is 0 Å². The fourth-order valence-electron chi connectivity index (χ4n) is 2.39. The maximum Gasteiger partial charge on any atom is 0.271 e. The van der Waals surface area contributed by atoms with Gasteiger partial charge in [0.1, 0.15) is 17.2 Å². The Morgan fingerprint density at radius 2 is 1.31 bits per heavy atom. The van der Waals surface area contributed by atoms with E-state index in [0.29, 0.717) is 16.7 Å². The Hall–Kier alpha value is -3.12. The lowest BCUT2D eigenvalue weighted by atomic mass is 10.0. The van der Waals surface area contributed by atoms with Gasteiger partial charge in [-0.25, -0.2) is 5.43 Å². The van der Waals surface area contributed by atoms with E-state index in [1.807, 2.05) is 0 Å². The number of aromatic hydroxyl groups is 2. The van der Waals surface area contributed by atoms with Crippen molar-refractivity contribution in [2.45, 2.75) is 0 Å². The van der Waals surface area contributed by atoms with E-state index in [9.17, 15) is 15.0 Å². The third kappa shape index (κ3) is 3.92. The van der Waals surface area contributed by atoms with Crippen LogP contribution in [0.2, 0.25) is 0 Å². The monoisotopic (exact) mass is 410 g/mol. The van der Waals surface area contributed by atoms with Crippen LogP contribution in [0, 0.1) is 0 Å². The highest BCUT2D eigenvalue weighted by molar-refractivity contribution is 9.10. The Kier molecular flexibility index (Phi) is 5.34. The molecule has 0 spiro atoms. The van der Waals surface area contributed by atoms with Crippen molar-refractivity contribution in [3.63, 3.8) is 0 Å². The van der Waals surface area contributed by atoms with Gasteiger partial charge in [0.2, 0.25) is 0 Å². The van der Waals surface area contributed by atoms with Gasteiger partial charge < -0.3 is 10.2 Å². The SMILES string of the molecule is O=C(NN=C(c1ccccc1O)c1ccccc1O)c1ccc(Br)cc1. The van der Waals surface area contributed by atoms with E-state index in [2.05, 4.69) is 26.5 Å². The van der Waals surface area contributed by atoms with Crippen molar-refractivity contribution < 1.29 is 15.0 Å². The molecule has 3 rings (SSSR count). The number of benzene rings is 3. The van der Waals surface area contributed by atoms with E-state index < -0.39 is 5.91 Å². The highest BCUT2D eigenvalue weighted by atomic mass is 79.9. The van der Waals surface area contributed by atoms with Crippen molar-refractivity contribution >= 4 is 27.5 Å². The highest BCUT2D eigenvalue weighted by Gasteiger charge is 2.15. The summed E-state index contributed by atoms with van der Waals surface area (Å²) in [5.74, 6) is -0.416. The number of nitrogens with one attached hydrogen (secondary N) is 1. The molecule has 0 aliphatic carbocycles. The average molecular weight is 411 g/mol. The number of amides is 1. The average Bonchev–Trinajstić information content (AvgIpc) is 2.65. The third-order valence-electron chi connectivity index (χ3n) is 3.69. The number of nitrogens with zero attached hydrogens (tertiary/aromatic N) is 1. The van der Waals surface area contributed by atoms with E-state index in [1.165, 1.54) is 12.1 Å². The number of carbonyl (C=O) groups is 1. The third-order valence-corrected chi connectivity index (χ3v) is 4.22. The number of hydrogen-bond donors (Lipinski definition) is 3. The maximum absolute atomic E-state index is 12.3. The van der Waals surface area contributed by atoms with Crippen LogP contribution in [0.5, 0.6) is 11.5 Å². The molecule has 130 valence electrons. The highest BCUT2D eigenvalue weighted by Crippen LogP contribution is 2.25. The van der Waals surface area contributed by atoms with E-state index in [0.717, 1.165) is 4.47 Å². The molecule has 0 fully saturated rings. The molecule has 5 nitrogen and oxygen atoms in total. The summed E-state index contributed by atoms with van der Waals surface area (Å²) in [6.45, 7) is 0. The van der Waals surface area contributed by atoms with Crippen LogP contribution in [-0.4, -0.2) is 21.8 Å². The van der Waals surface area contributed by atoms with Crippen LogP contribution in [0.25, 0.3) is 0 Å². The smallest absolute Gasteiger partial charge is 0.271 e. The van der Waals surface area contributed by atoms with Crippen molar-refractivity contribution in [1.29, 1.82) is 0 Å². The lowest BCUT2D eigenvalue weighted by Gasteiger charge is -2.11. The van der Waals surface area contributed by atoms with E-state index in [1.54, 1.807) is 60.7 Å². The van der Waals surface area contributed by atoms with Crippen LogP contribution in [-0.2, 0) is 0 Å². The van der Waals surface area contributed by atoms with Crippen LogP contribution in [0.1, 0.15) is 21.5 Å². The number of carbonyl (C=O) groups excluding carboxylic acids is 1. The fourth-order valence-corrected chi connectivity index (χ4v) is 2.65. The lowest BCUT2D eigenvalue weighted by molar-refractivity contribution is 0.0955. The number of hydrogen-bond acceptors (Lipinski definition) is 4. The minimum Gasteiger partial charge on any atom is -0.507 e. The minimum absolute atomic E-state index is 0.00704. The molecule has 0 aromatic heterocycles. The summed E-state index contributed by atoms with van der Waals surface area (Å²) in [5, 5.41) is 24.5. The normalized spacial score (nSPS) is 10.2. The Bertz CT molecular complexity index is 921. The van der Waals surface area contributed by atoms with Crippen molar-refractivity contribution in [2.75, 3.05) is 0 Å². The quantitative estimate of drug-likeness (QED) is 0.448. The van der Waals surface area contributed by atoms with Crippen LogP contribution < -0.4 is 5.43 Å². The first-order chi connectivity index (χ1) is 12.6. The predicted octanol–water partition coefficient (Wildman–Crippen LogP) is 4.04. The fraction of sp³-hybridized carbons (Fsp3) is 0. The first-order valence-electron chi connectivity index (χ1n) is 7.76. The molecular weight excluding hydrogens is 396 g/mol. The van der Waals surface area contributed by atoms with Crippen molar-refractivity contribution in [2.24, 2.45) is 5.10 Å².